The second kappa shape index (κ2) is 8.41. The lowest BCUT2D eigenvalue weighted by molar-refractivity contribution is -0.138. The summed E-state index contributed by atoms with van der Waals surface area (Å²) in [5.41, 5.74) is 2.96. The lowest BCUT2D eigenvalue weighted by Gasteiger charge is -2.14. The number of carbonyl (C=O) groups excluding carboxylic acids is 1. The van der Waals surface area contributed by atoms with Crippen LogP contribution in [-0.4, -0.2) is 17.0 Å². The summed E-state index contributed by atoms with van der Waals surface area (Å²) in [5.74, 6) is -1.37. The van der Waals surface area contributed by atoms with Gasteiger partial charge >= 0.3 is 12.4 Å². The van der Waals surface area contributed by atoms with Crippen molar-refractivity contribution >= 4 is 17.4 Å². The average Bonchev–Trinajstić information content (AvgIpc) is 2.64. The molecule has 0 saturated heterocycles. The number of nitrogens with two attached hydrogens (primary N) is 1. The first-order valence-electron chi connectivity index (χ1n) is 8.07. The molecule has 0 bridgehead atoms. The third-order valence-corrected chi connectivity index (χ3v) is 3.91. The number of benzene rings is 2. The van der Waals surface area contributed by atoms with E-state index in [1.165, 1.54) is 12.1 Å². The van der Waals surface area contributed by atoms with Crippen molar-refractivity contribution < 1.29 is 36.3 Å². The number of halogens is 6. The minimum absolute atomic E-state index is 0.0955. The van der Waals surface area contributed by atoms with Gasteiger partial charge < -0.3 is 16.3 Å². The van der Waals surface area contributed by atoms with Crippen LogP contribution < -0.4 is 11.1 Å². The van der Waals surface area contributed by atoms with Crippen molar-refractivity contribution in [1.29, 1.82) is 0 Å². The van der Waals surface area contributed by atoms with E-state index in [-0.39, 0.29) is 18.5 Å². The third kappa shape index (κ3) is 5.87. The largest absolute Gasteiger partial charge is 0.417 e. The number of oxime groups is 1. The minimum atomic E-state index is -4.81. The maximum absolute atomic E-state index is 13.2. The number of aryl methyl sites for hydroxylation is 1. The Morgan fingerprint density at radius 2 is 1.62 bits per heavy atom. The van der Waals surface area contributed by atoms with E-state index in [0.29, 0.717) is 11.6 Å². The quantitative estimate of drug-likeness (QED) is 0.221. The Bertz CT molecular complexity index is 905. The number of carbonyl (C=O) groups is 1. The number of rotatable bonds is 5. The average molecular weight is 419 g/mol. The first-order valence-corrected chi connectivity index (χ1v) is 8.07. The van der Waals surface area contributed by atoms with Crippen LogP contribution in [0.2, 0.25) is 0 Å². The maximum atomic E-state index is 13.2. The van der Waals surface area contributed by atoms with Crippen LogP contribution in [0.1, 0.15) is 28.7 Å². The first kappa shape index (κ1) is 22.1. The number of anilines is 1. The van der Waals surface area contributed by atoms with Crippen molar-refractivity contribution in [3.8, 4) is 0 Å². The van der Waals surface area contributed by atoms with E-state index in [2.05, 4.69) is 10.5 Å². The van der Waals surface area contributed by atoms with Crippen LogP contribution in [0, 0.1) is 0 Å². The van der Waals surface area contributed by atoms with Gasteiger partial charge in [0.25, 0.3) is 0 Å². The topological polar surface area (TPSA) is 87.7 Å². The highest BCUT2D eigenvalue weighted by atomic mass is 19.4. The molecule has 0 spiro atoms. The number of hydrogen-bond acceptors (Lipinski definition) is 3. The number of amidine groups is 1. The summed E-state index contributed by atoms with van der Waals surface area (Å²) in [5, 5.41) is 13.4. The van der Waals surface area contributed by atoms with Gasteiger partial charge in [0, 0.05) is 17.7 Å². The van der Waals surface area contributed by atoms with E-state index in [0.717, 1.165) is 24.3 Å². The third-order valence-electron chi connectivity index (χ3n) is 3.91. The molecule has 2 aromatic rings. The standard InChI is InChI=1S/C18H15F6N3O2/c19-17(20,21)11-4-1-10(2-5-11)3-8-15(28)26-12-6-7-13(16(25)27-29)14(9-12)18(22,23)24/h1-2,4-7,9,29H,3,8H2,(H2,25,27)(H,26,28). The first-order chi connectivity index (χ1) is 13.4. The summed E-state index contributed by atoms with van der Waals surface area (Å²) in [7, 11) is 0. The molecule has 2 aromatic carbocycles. The Kier molecular flexibility index (Phi) is 6.40. The SMILES string of the molecule is NC(=NO)c1ccc(NC(=O)CCc2ccc(C(F)(F)F)cc2)cc1C(F)(F)F. The highest BCUT2D eigenvalue weighted by Gasteiger charge is 2.35. The molecule has 1 amide bonds. The van der Waals surface area contributed by atoms with Crippen LogP contribution in [0.5, 0.6) is 0 Å². The van der Waals surface area contributed by atoms with E-state index in [9.17, 15) is 31.1 Å². The second-order valence-corrected chi connectivity index (χ2v) is 5.99. The maximum Gasteiger partial charge on any atom is 0.417 e. The number of alkyl halides is 6. The van der Waals surface area contributed by atoms with Crippen molar-refractivity contribution in [3.63, 3.8) is 0 Å². The molecule has 5 nitrogen and oxygen atoms in total. The highest BCUT2D eigenvalue weighted by Crippen LogP contribution is 2.34. The molecule has 4 N–H and O–H groups in total. The molecule has 29 heavy (non-hydrogen) atoms. The van der Waals surface area contributed by atoms with Gasteiger partial charge in [-0.25, -0.2) is 0 Å². The Hall–Kier alpha value is -3.24. The van der Waals surface area contributed by atoms with Crippen LogP contribution >= 0.6 is 0 Å². The van der Waals surface area contributed by atoms with Crippen LogP contribution in [0.15, 0.2) is 47.6 Å². The normalized spacial score (nSPS) is 12.7. The number of nitrogens with one attached hydrogen (secondary N) is 1. The fourth-order valence-electron chi connectivity index (χ4n) is 2.48. The summed E-state index contributed by atoms with van der Waals surface area (Å²) in [6.07, 6.45) is -9.35. The molecule has 156 valence electrons. The van der Waals surface area contributed by atoms with Gasteiger partial charge in [-0.15, -0.1) is 0 Å². The molecule has 0 aliphatic heterocycles. The Morgan fingerprint density at radius 3 is 2.14 bits per heavy atom. The smallest absolute Gasteiger partial charge is 0.409 e. The summed E-state index contributed by atoms with van der Waals surface area (Å²) >= 11 is 0. The molecule has 0 aliphatic carbocycles. The second-order valence-electron chi connectivity index (χ2n) is 5.99. The predicted molar refractivity (Wildman–Crippen MR) is 92.3 cm³/mol. The van der Waals surface area contributed by atoms with Crippen molar-refractivity contribution in [2.24, 2.45) is 10.9 Å². The van der Waals surface area contributed by atoms with Crippen molar-refractivity contribution in [2.45, 2.75) is 25.2 Å². The summed E-state index contributed by atoms with van der Waals surface area (Å²) in [6, 6.07) is 6.96. The molecule has 0 aliphatic rings. The highest BCUT2D eigenvalue weighted by molar-refractivity contribution is 5.99. The van der Waals surface area contributed by atoms with E-state index in [4.69, 9.17) is 10.9 Å². The zero-order valence-electron chi connectivity index (χ0n) is 14.6. The lowest BCUT2D eigenvalue weighted by Crippen LogP contribution is -2.21. The molecule has 0 aromatic heterocycles. The van der Waals surface area contributed by atoms with Gasteiger partial charge in [-0.2, -0.15) is 26.3 Å². The van der Waals surface area contributed by atoms with Gasteiger partial charge in [0.1, 0.15) is 0 Å². The summed E-state index contributed by atoms with van der Waals surface area (Å²) in [4.78, 5) is 12.0. The molecule has 0 saturated carbocycles. The molecule has 2 rings (SSSR count). The van der Waals surface area contributed by atoms with Crippen molar-refractivity contribution in [1.82, 2.24) is 0 Å². The summed E-state index contributed by atoms with van der Waals surface area (Å²) in [6.45, 7) is 0. The Balaban J connectivity index is 2.07. The van der Waals surface area contributed by atoms with E-state index in [1.807, 2.05) is 0 Å². The van der Waals surface area contributed by atoms with E-state index in [1.54, 1.807) is 0 Å². The molecule has 0 atom stereocenters. The van der Waals surface area contributed by atoms with Gasteiger partial charge in [0.15, 0.2) is 5.84 Å². The Labute approximate surface area is 160 Å². The van der Waals surface area contributed by atoms with Crippen LogP contribution in [0.25, 0.3) is 0 Å². The fraction of sp³-hybridized carbons (Fsp3) is 0.222. The predicted octanol–water partition coefficient (Wildman–Crippen LogP) is 4.39. The van der Waals surface area contributed by atoms with E-state index >= 15 is 0 Å². The van der Waals surface area contributed by atoms with Crippen molar-refractivity contribution in [3.05, 3.63) is 64.7 Å². The van der Waals surface area contributed by atoms with Crippen LogP contribution in [0.3, 0.4) is 0 Å². The minimum Gasteiger partial charge on any atom is -0.409 e. The fourth-order valence-corrected chi connectivity index (χ4v) is 2.48. The molecule has 0 unspecified atom stereocenters. The van der Waals surface area contributed by atoms with Gasteiger partial charge in [-0.1, -0.05) is 17.3 Å². The summed E-state index contributed by atoms with van der Waals surface area (Å²) < 4.78 is 77.1. The monoisotopic (exact) mass is 419 g/mol. The number of amides is 1. The molecule has 11 heteroatoms. The van der Waals surface area contributed by atoms with Gasteiger partial charge in [-0.05, 0) is 42.3 Å². The van der Waals surface area contributed by atoms with Crippen LogP contribution in [0.4, 0.5) is 32.0 Å². The van der Waals surface area contributed by atoms with Crippen LogP contribution in [-0.2, 0) is 23.6 Å². The molecule has 0 fully saturated rings. The van der Waals surface area contributed by atoms with E-state index < -0.39 is 40.8 Å². The zero-order valence-corrected chi connectivity index (χ0v) is 14.6. The lowest BCUT2D eigenvalue weighted by atomic mass is 10.0. The Morgan fingerprint density at radius 1 is 1.00 bits per heavy atom. The molecular weight excluding hydrogens is 404 g/mol. The molecular formula is C18H15F6N3O2. The van der Waals surface area contributed by atoms with Gasteiger partial charge in [-0.3, -0.25) is 4.79 Å². The zero-order chi connectivity index (χ0) is 21.8. The molecule has 0 radical (unpaired) electrons. The van der Waals surface area contributed by atoms with Gasteiger partial charge in [0.05, 0.1) is 11.1 Å². The van der Waals surface area contributed by atoms with Crippen molar-refractivity contribution in [2.75, 3.05) is 5.32 Å². The number of hydrogen-bond donors (Lipinski definition) is 3. The molecule has 0 heterocycles. The van der Waals surface area contributed by atoms with Gasteiger partial charge in [0.2, 0.25) is 5.91 Å². The number of nitrogens with zero attached hydrogens (tertiary/aromatic N) is 1.